The molecule has 0 aliphatic heterocycles. The van der Waals surface area contributed by atoms with Crippen LogP contribution in [0.5, 0.6) is 0 Å². The van der Waals surface area contributed by atoms with Crippen LogP contribution in [0.1, 0.15) is 25.3 Å². The summed E-state index contributed by atoms with van der Waals surface area (Å²) in [5, 5.41) is 0. The molecule has 1 aromatic carbocycles. The van der Waals surface area contributed by atoms with Crippen molar-refractivity contribution in [2.75, 3.05) is 0 Å². The Labute approximate surface area is 108 Å². The number of aryl methyl sites for hydroxylation is 1. The summed E-state index contributed by atoms with van der Waals surface area (Å²) in [6.45, 7) is 2.21. The van der Waals surface area contributed by atoms with Crippen LogP contribution in [0.4, 0.5) is 5.69 Å². The molecule has 0 atom stereocenters. The van der Waals surface area contributed by atoms with Crippen LogP contribution < -0.4 is 18.1 Å². The molecule has 0 aliphatic carbocycles. The van der Waals surface area contributed by atoms with Gasteiger partial charge in [0.15, 0.2) is 5.69 Å². The third-order valence-corrected chi connectivity index (χ3v) is 3.43. The van der Waals surface area contributed by atoms with Crippen molar-refractivity contribution in [2.24, 2.45) is 0 Å². The van der Waals surface area contributed by atoms with Gasteiger partial charge in [-0.15, -0.1) is 0 Å². The summed E-state index contributed by atoms with van der Waals surface area (Å²) in [5.74, 6) is 0. The van der Waals surface area contributed by atoms with E-state index in [9.17, 15) is 0 Å². The summed E-state index contributed by atoms with van der Waals surface area (Å²) in [6.07, 6.45) is 3.63. The first-order valence-electron chi connectivity index (χ1n) is 4.45. The van der Waals surface area contributed by atoms with Crippen LogP contribution in [0.25, 0.3) is 0 Å². The second-order valence-electron chi connectivity index (χ2n) is 3.14. The molecule has 0 spiro atoms. The monoisotopic (exact) mass is 341 g/mol. The normalized spacial score (nSPS) is 9.71. The molecule has 0 aromatic heterocycles. The van der Waals surface area contributed by atoms with Crippen LogP contribution in [0.15, 0.2) is 21.1 Å². The quantitative estimate of drug-likeness (QED) is 0.825. The predicted molar refractivity (Wildman–Crippen MR) is 63.0 cm³/mol. The molecule has 0 heterocycles. The van der Waals surface area contributed by atoms with Crippen LogP contribution in [-0.4, -0.2) is 0 Å². The molecule has 1 rings (SSSR count). The van der Waals surface area contributed by atoms with Crippen molar-refractivity contribution in [3.05, 3.63) is 26.6 Å². The van der Waals surface area contributed by atoms with Crippen LogP contribution in [0.2, 0.25) is 0 Å². The summed E-state index contributed by atoms with van der Waals surface area (Å²) < 4.78 is 2.18. The minimum absolute atomic E-state index is 0. The van der Waals surface area contributed by atoms with Crippen molar-refractivity contribution >= 4 is 37.5 Å². The Hall–Kier alpha value is 0.430. The standard InChI is InChI=1S/C10H13Br2N.ClH/c1-2-3-4-7-5-8(11)10(13)9(12)6-7;/h5-6H,2-4,13H2,1H3;1H. The number of benzene rings is 1. The van der Waals surface area contributed by atoms with Gasteiger partial charge >= 0.3 is 0 Å². The molecule has 14 heavy (non-hydrogen) atoms. The molecule has 0 fully saturated rings. The zero-order valence-electron chi connectivity index (χ0n) is 8.12. The van der Waals surface area contributed by atoms with Crippen LogP contribution >= 0.6 is 31.9 Å². The molecule has 1 nitrogen and oxygen atoms in total. The van der Waals surface area contributed by atoms with E-state index >= 15 is 0 Å². The van der Waals surface area contributed by atoms with Gasteiger partial charge in [-0.3, -0.25) is 0 Å². The van der Waals surface area contributed by atoms with Gasteiger partial charge in [-0.2, -0.15) is 0 Å². The summed E-state index contributed by atoms with van der Waals surface area (Å²) in [6, 6.07) is 4.31. The van der Waals surface area contributed by atoms with Crippen molar-refractivity contribution in [3.8, 4) is 0 Å². The summed E-state index contributed by atoms with van der Waals surface area (Å²) >= 11 is 6.99. The zero-order chi connectivity index (χ0) is 9.84. The molecule has 0 amide bonds. The van der Waals surface area contributed by atoms with E-state index in [1.165, 1.54) is 18.4 Å². The number of rotatable bonds is 3. The topological polar surface area (TPSA) is 27.6 Å². The first-order chi connectivity index (χ1) is 6.15. The number of unbranched alkanes of at least 4 members (excludes halogenated alkanes) is 1. The van der Waals surface area contributed by atoms with Gasteiger partial charge in [-0.1, -0.05) is 13.3 Å². The van der Waals surface area contributed by atoms with Gasteiger partial charge in [0.25, 0.3) is 0 Å². The zero-order valence-corrected chi connectivity index (χ0v) is 12.0. The fourth-order valence-electron chi connectivity index (χ4n) is 1.18. The highest BCUT2D eigenvalue weighted by molar-refractivity contribution is 9.11. The predicted octanol–water partition coefficient (Wildman–Crippen LogP) is 0.432. The van der Waals surface area contributed by atoms with E-state index in [1.807, 2.05) is 0 Å². The molecular weight excluding hydrogens is 329 g/mol. The Morgan fingerprint density at radius 3 is 2.14 bits per heavy atom. The lowest BCUT2D eigenvalue weighted by Gasteiger charge is -2.03. The minimum Gasteiger partial charge on any atom is -1.00 e. The van der Waals surface area contributed by atoms with Gasteiger partial charge in [0.05, 0.1) is 8.95 Å². The number of halogens is 3. The third kappa shape index (κ3) is 3.89. The van der Waals surface area contributed by atoms with Crippen molar-refractivity contribution in [1.82, 2.24) is 0 Å². The molecular formula is C10H14Br2ClN. The van der Waals surface area contributed by atoms with Gasteiger partial charge in [-0.25, -0.2) is 0 Å². The van der Waals surface area contributed by atoms with Crippen molar-refractivity contribution in [2.45, 2.75) is 26.2 Å². The maximum absolute atomic E-state index is 3.95. The molecule has 1 aromatic rings. The fourth-order valence-corrected chi connectivity index (χ4v) is 2.46. The summed E-state index contributed by atoms with van der Waals surface area (Å²) in [7, 11) is 0. The first kappa shape index (κ1) is 14.4. The van der Waals surface area contributed by atoms with Crippen molar-refractivity contribution in [1.29, 1.82) is 0 Å². The Bertz CT molecular complexity index is 279. The number of hydrogen-bond donors (Lipinski definition) is 1. The molecule has 80 valence electrons. The fraction of sp³-hybridized carbons (Fsp3) is 0.400. The van der Waals surface area contributed by atoms with E-state index in [0.29, 0.717) is 0 Å². The maximum Gasteiger partial charge on any atom is 0.156 e. The van der Waals surface area contributed by atoms with E-state index in [4.69, 9.17) is 0 Å². The molecule has 0 saturated heterocycles. The molecule has 4 heteroatoms. The van der Waals surface area contributed by atoms with Gasteiger partial charge in [0.1, 0.15) is 0 Å². The van der Waals surface area contributed by atoms with Crippen LogP contribution in [0, 0.1) is 0 Å². The van der Waals surface area contributed by atoms with Crippen molar-refractivity contribution < 1.29 is 18.1 Å². The van der Waals surface area contributed by atoms with Gasteiger partial charge in [-0.05, 0) is 62.4 Å². The van der Waals surface area contributed by atoms with Crippen molar-refractivity contribution in [3.63, 3.8) is 0 Å². The minimum atomic E-state index is 0. The van der Waals surface area contributed by atoms with Gasteiger partial charge in [0, 0.05) is 0 Å². The largest absolute Gasteiger partial charge is 1.00 e. The highest BCUT2D eigenvalue weighted by Crippen LogP contribution is 2.28. The van der Waals surface area contributed by atoms with E-state index < -0.39 is 0 Å². The highest BCUT2D eigenvalue weighted by atomic mass is 79.9. The molecule has 0 bridgehead atoms. The average molecular weight is 343 g/mol. The van der Waals surface area contributed by atoms with E-state index in [0.717, 1.165) is 21.1 Å². The first-order valence-corrected chi connectivity index (χ1v) is 6.03. The Morgan fingerprint density at radius 1 is 1.21 bits per heavy atom. The molecule has 0 unspecified atom stereocenters. The van der Waals surface area contributed by atoms with Crippen LogP contribution in [-0.2, 0) is 6.42 Å². The Balaban J connectivity index is 0.00000169. The number of quaternary nitrogens is 1. The maximum atomic E-state index is 3.95. The molecule has 0 saturated carbocycles. The molecule has 0 aliphatic rings. The Morgan fingerprint density at radius 2 is 1.71 bits per heavy atom. The average Bonchev–Trinajstić information content (AvgIpc) is 2.10. The smallest absolute Gasteiger partial charge is 0.156 e. The number of hydrogen-bond acceptors (Lipinski definition) is 0. The highest BCUT2D eigenvalue weighted by Gasteiger charge is 2.06. The second kappa shape index (κ2) is 6.83. The van der Waals surface area contributed by atoms with E-state index in [2.05, 4.69) is 56.7 Å². The SMILES string of the molecule is CCCCc1cc(Br)c([NH3+])c(Br)c1.[Cl-]. The second-order valence-corrected chi connectivity index (χ2v) is 4.85. The Kier molecular flexibility index (Phi) is 7.04. The summed E-state index contributed by atoms with van der Waals surface area (Å²) in [5.41, 5.74) is 6.34. The third-order valence-electron chi connectivity index (χ3n) is 2.02. The van der Waals surface area contributed by atoms with Gasteiger partial charge < -0.3 is 18.1 Å². The summed E-state index contributed by atoms with van der Waals surface area (Å²) in [4.78, 5) is 0. The lowest BCUT2D eigenvalue weighted by atomic mass is 10.1. The lowest BCUT2D eigenvalue weighted by Crippen LogP contribution is -3.00. The lowest BCUT2D eigenvalue weighted by molar-refractivity contribution is -0.256. The van der Waals surface area contributed by atoms with Crippen LogP contribution in [0.3, 0.4) is 0 Å². The molecule has 0 radical (unpaired) electrons. The molecule has 3 N–H and O–H groups in total. The van der Waals surface area contributed by atoms with Gasteiger partial charge in [0.2, 0.25) is 0 Å². The van der Waals surface area contributed by atoms with E-state index in [1.54, 1.807) is 0 Å². The van der Waals surface area contributed by atoms with E-state index in [-0.39, 0.29) is 12.4 Å².